The van der Waals surface area contributed by atoms with E-state index in [4.69, 9.17) is 36.1 Å². The summed E-state index contributed by atoms with van der Waals surface area (Å²) < 4.78 is 23.2. The molecule has 14 atom stereocenters. The second kappa shape index (κ2) is 10.8. The standard InChI is InChI=1S/C20H39N3O9/c1-3-11-10(25)5-9(22)19(29-11)31-17-7(2)4-8(21)18(16(17)28)32-20-15(27)13(23)14(26)12(6-24)30-20/h7-20,24-28H,3-6,21-23H2,1-2H3/t7-,8+,9?,10-,11+,12?,13-,14+,15?,16?,17?,18-,19-,20+/m0/s1. The Morgan fingerprint density at radius 1 is 0.812 bits per heavy atom. The van der Waals surface area contributed by atoms with Gasteiger partial charge in [0.1, 0.15) is 30.5 Å². The van der Waals surface area contributed by atoms with Crippen LogP contribution in [0.2, 0.25) is 0 Å². The van der Waals surface area contributed by atoms with Gasteiger partial charge in [-0.1, -0.05) is 13.8 Å². The molecule has 0 aromatic carbocycles. The predicted octanol–water partition coefficient (Wildman–Crippen LogP) is -3.54. The third-order valence-corrected chi connectivity index (χ3v) is 6.82. The summed E-state index contributed by atoms with van der Waals surface area (Å²) in [4.78, 5) is 0. The average molecular weight is 466 g/mol. The summed E-state index contributed by atoms with van der Waals surface area (Å²) in [5, 5.41) is 51.0. The van der Waals surface area contributed by atoms with Crippen LogP contribution in [0.3, 0.4) is 0 Å². The summed E-state index contributed by atoms with van der Waals surface area (Å²) >= 11 is 0. The number of hydrogen-bond acceptors (Lipinski definition) is 12. The monoisotopic (exact) mass is 465 g/mol. The van der Waals surface area contributed by atoms with Gasteiger partial charge >= 0.3 is 0 Å². The Hall–Kier alpha value is -0.480. The maximum absolute atomic E-state index is 11.1. The lowest BCUT2D eigenvalue weighted by Crippen LogP contribution is -2.66. The molecule has 0 spiro atoms. The van der Waals surface area contributed by atoms with Gasteiger partial charge in [0, 0.05) is 6.04 Å². The Morgan fingerprint density at radius 3 is 2.06 bits per heavy atom. The van der Waals surface area contributed by atoms with Gasteiger partial charge in [0.2, 0.25) is 0 Å². The maximum Gasteiger partial charge on any atom is 0.186 e. The molecule has 0 aromatic rings. The number of nitrogens with two attached hydrogens (primary N) is 3. The van der Waals surface area contributed by atoms with E-state index < -0.39 is 86.1 Å². The molecule has 1 aliphatic carbocycles. The van der Waals surface area contributed by atoms with Crippen LogP contribution in [0.25, 0.3) is 0 Å². The van der Waals surface area contributed by atoms with Crippen LogP contribution in [0.4, 0.5) is 0 Å². The lowest BCUT2D eigenvalue weighted by atomic mass is 9.80. The minimum Gasteiger partial charge on any atom is -0.394 e. The molecule has 0 radical (unpaired) electrons. The summed E-state index contributed by atoms with van der Waals surface area (Å²) in [5.74, 6) is -0.158. The third kappa shape index (κ3) is 5.27. The molecule has 1 saturated carbocycles. The molecule has 3 rings (SSSR count). The van der Waals surface area contributed by atoms with E-state index in [1.165, 1.54) is 0 Å². The zero-order chi connectivity index (χ0) is 23.7. The van der Waals surface area contributed by atoms with Gasteiger partial charge in [-0.3, -0.25) is 0 Å². The van der Waals surface area contributed by atoms with Crippen molar-refractivity contribution in [2.45, 2.75) is 113 Å². The lowest BCUT2D eigenvalue weighted by molar-refractivity contribution is -0.318. The van der Waals surface area contributed by atoms with Crippen LogP contribution in [-0.4, -0.2) is 112 Å². The number of rotatable bonds is 6. The summed E-state index contributed by atoms with van der Waals surface area (Å²) in [6.45, 7) is 3.24. The van der Waals surface area contributed by atoms with E-state index in [0.717, 1.165) is 0 Å². The second-order valence-corrected chi connectivity index (χ2v) is 9.27. The van der Waals surface area contributed by atoms with Gasteiger partial charge < -0.3 is 61.7 Å². The average Bonchev–Trinajstić information content (AvgIpc) is 2.75. The van der Waals surface area contributed by atoms with E-state index in [1.54, 1.807) is 0 Å². The van der Waals surface area contributed by atoms with Crippen LogP contribution in [0.15, 0.2) is 0 Å². The minimum atomic E-state index is -1.40. The highest BCUT2D eigenvalue weighted by molar-refractivity contribution is 4.98. The number of hydrogen-bond donors (Lipinski definition) is 8. The van der Waals surface area contributed by atoms with E-state index in [0.29, 0.717) is 19.3 Å². The normalized spacial score (nSPS) is 52.7. The molecule has 0 amide bonds. The fourth-order valence-electron chi connectivity index (χ4n) is 4.82. The SMILES string of the molecule is CC[C@H]1O[C@@H](OC2C(O)[C@@H](O[C@H]3OC(CO)[C@@H](O)[C@H](N)C3O)[C@H](N)C[C@@H]2C)C(N)C[C@@H]1O. The van der Waals surface area contributed by atoms with Crippen molar-refractivity contribution in [2.24, 2.45) is 23.1 Å². The highest BCUT2D eigenvalue weighted by Gasteiger charge is 2.49. The summed E-state index contributed by atoms with van der Waals surface area (Å²) in [6, 6.07) is -2.28. The molecule has 12 nitrogen and oxygen atoms in total. The maximum atomic E-state index is 11.1. The second-order valence-electron chi connectivity index (χ2n) is 9.27. The first-order valence-corrected chi connectivity index (χ1v) is 11.3. The summed E-state index contributed by atoms with van der Waals surface area (Å²) in [7, 11) is 0. The highest BCUT2D eigenvalue weighted by Crippen LogP contribution is 2.34. The molecule has 3 fully saturated rings. The molecule has 0 aromatic heterocycles. The molecule has 32 heavy (non-hydrogen) atoms. The lowest BCUT2D eigenvalue weighted by Gasteiger charge is -2.48. The Labute approximate surface area is 187 Å². The largest absolute Gasteiger partial charge is 0.394 e. The molecule has 0 bridgehead atoms. The Balaban J connectivity index is 1.70. The Kier molecular flexibility index (Phi) is 8.86. The Morgan fingerprint density at radius 2 is 1.44 bits per heavy atom. The van der Waals surface area contributed by atoms with Gasteiger partial charge in [0.15, 0.2) is 12.6 Å². The molecule has 2 heterocycles. The van der Waals surface area contributed by atoms with E-state index in [2.05, 4.69) is 0 Å². The van der Waals surface area contributed by atoms with Crippen molar-refractivity contribution in [3.05, 3.63) is 0 Å². The van der Waals surface area contributed by atoms with Gasteiger partial charge in [-0.05, 0) is 25.2 Å². The molecule has 3 aliphatic rings. The predicted molar refractivity (Wildman–Crippen MR) is 111 cm³/mol. The fourth-order valence-corrected chi connectivity index (χ4v) is 4.82. The van der Waals surface area contributed by atoms with Gasteiger partial charge in [0.05, 0.1) is 37.0 Å². The summed E-state index contributed by atoms with van der Waals surface area (Å²) in [5.41, 5.74) is 18.2. The van der Waals surface area contributed by atoms with Crippen molar-refractivity contribution in [1.29, 1.82) is 0 Å². The molecule has 188 valence electrons. The van der Waals surface area contributed by atoms with Gasteiger partial charge in [-0.25, -0.2) is 0 Å². The molecule has 11 N–H and O–H groups in total. The quantitative estimate of drug-likeness (QED) is 0.191. The number of aliphatic hydroxyl groups is 5. The van der Waals surface area contributed by atoms with Crippen LogP contribution in [0.1, 0.15) is 33.1 Å². The first-order chi connectivity index (χ1) is 15.1. The zero-order valence-electron chi connectivity index (χ0n) is 18.5. The Bertz CT molecular complexity index is 603. The van der Waals surface area contributed by atoms with E-state index in [9.17, 15) is 25.5 Å². The number of aliphatic hydroxyl groups excluding tert-OH is 5. The molecular weight excluding hydrogens is 426 g/mol. The smallest absolute Gasteiger partial charge is 0.186 e. The minimum absolute atomic E-state index is 0.158. The van der Waals surface area contributed by atoms with Crippen LogP contribution < -0.4 is 17.2 Å². The third-order valence-electron chi connectivity index (χ3n) is 6.82. The van der Waals surface area contributed by atoms with E-state index in [-0.39, 0.29) is 5.92 Å². The van der Waals surface area contributed by atoms with Crippen molar-refractivity contribution >= 4 is 0 Å². The fraction of sp³-hybridized carbons (Fsp3) is 1.00. The van der Waals surface area contributed by atoms with Crippen LogP contribution in [-0.2, 0) is 18.9 Å². The van der Waals surface area contributed by atoms with Gasteiger partial charge in [-0.15, -0.1) is 0 Å². The van der Waals surface area contributed by atoms with E-state index >= 15 is 0 Å². The first-order valence-electron chi connectivity index (χ1n) is 11.3. The molecule has 12 heteroatoms. The topological polar surface area (TPSA) is 216 Å². The van der Waals surface area contributed by atoms with Crippen LogP contribution in [0, 0.1) is 5.92 Å². The molecular formula is C20H39N3O9. The van der Waals surface area contributed by atoms with Gasteiger partial charge in [-0.2, -0.15) is 0 Å². The van der Waals surface area contributed by atoms with Crippen molar-refractivity contribution in [1.82, 2.24) is 0 Å². The molecule has 2 saturated heterocycles. The first kappa shape index (κ1) is 26.1. The van der Waals surface area contributed by atoms with Crippen LogP contribution in [0.5, 0.6) is 0 Å². The summed E-state index contributed by atoms with van der Waals surface area (Å²) in [6.07, 6.45) is -8.54. The van der Waals surface area contributed by atoms with E-state index in [1.807, 2.05) is 13.8 Å². The van der Waals surface area contributed by atoms with Crippen molar-refractivity contribution in [3.8, 4) is 0 Å². The van der Waals surface area contributed by atoms with Gasteiger partial charge in [0.25, 0.3) is 0 Å². The highest BCUT2D eigenvalue weighted by atomic mass is 16.7. The van der Waals surface area contributed by atoms with Crippen molar-refractivity contribution in [2.75, 3.05) is 6.61 Å². The molecule has 5 unspecified atom stereocenters. The number of ether oxygens (including phenoxy) is 4. The van der Waals surface area contributed by atoms with Crippen LogP contribution >= 0.6 is 0 Å². The van der Waals surface area contributed by atoms with Crippen molar-refractivity contribution in [3.63, 3.8) is 0 Å². The van der Waals surface area contributed by atoms with Crippen molar-refractivity contribution < 1.29 is 44.5 Å². The zero-order valence-corrected chi connectivity index (χ0v) is 18.5. The molecule has 2 aliphatic heterocycles.